The Balaban J connectivity index is 1.52. The molecule has 0 spiro atoms. The number of hydrogen-bond acceptors (Lipinski definition) is 5. The summed E-state index contributed by atoms with van der Waals surface area (Å²) in [7, 11) is 6.11. The van der Waals surface area contributed by atoms with Crippen LogP contribution in [0.5, 0.6) is 0 Å². The van der Waals surface area contributed by atoms with Crippen molar-refractivity contribution in [2.45, 2.75) is 45.6 Å². The van der Waals surface area contributed by atoms with E-state index in [-0.39, 0.29) is 11.5 Å². The van der Waals surface area contributed by atoms with Crippen LogP contribution in [-0.4, -0.2) is 43.3 Å². The second-order valence-corrected chi connectivity index (χ2v) is 12.2. The van der Waals surface area contributed by atoms with Crippen LogP contribution in [0.1, 0.15) is 54.6 Å². The van der Waals surface area contributed by atoms with Gasteiger partial charge in [-0.25, -0.2) is 0 Å². The molecule has 1 unspecified atom stereocenters. The van der Waals surface area contributed by atoms with Crippen molar-refractivity contribution in [2.75, 3.05) is 38.3 Å². The van der Waals surface area contributed by atoms with E-state index in [4.69, 9.17) is 4.99 Å². The number of rotatable bonds is 8. The topological polar surface area (TPSA) is 42.9 Å². The third kappa shape index (κ3) is 7.10. The van der Waals surface area contributed by atoms with Crippen LogP contribution in [0.4, 0.5) is 11.4 Å². The lowest BCUT2D eigenvalue weighted by molar-refractivity contribution is 0.387. The Hall–Kier alpha value is -4.25. The summed E-state index contributed by atoms with van der Waals surface area (Å²) in [6.07, 6.45) is 0.823. The molecule has 3 aromatic rings. The first-order valence-corrected chi connectivity index (χ1v) is 14.2. The molecule has 41 heavy (non-hydrogen) atoms. The molecule has 5 nitrogen and oxygen atoms in total. The monoisotopic (exact) mass is 547 g/mol. The number of nitrogens with zero attached hydrogens (tertiary/aromatic N) is 3. The molecule has 0 amide bonds. The van der Waals surface area contributed by atoms with Gasteiger partial charge in [-0.3, -0.25) is 4.99 Å². The molecular formula is C36H45N5. The highest BCUT2D eigenvalue weighted by molar-refractivity contribution is 6.07. The van der Waals surface area contributed by atoms with Crippen molar-refractivity contribution in [3.05, 3.63) is 126 Å². The van der Waals surface area contributed by atoms with E-state index in [0.29, 0.717) is 0 Å². The van der Waals surface area contributed by atoms with Crippen LogP contribution in [0, 0.1) is 6.92 Å². The molecule has 2 N–H and O–H groups in total. The van der Waals surface area contributed by atoms with Crippen molar-refractivity contribution < 1.29 is 0 Å². The maximum Gasteiger partial charge on any atom is 0.149 e. The Labute approximate surface area is 247 Å². The zero-order chi connectivity index (χ0) is 29.9. The Morgan fingerprint density at radius 2 is 1.66 bits per heavy atom. The third-order valence-electron chi connectivity index (χ3n) is 7.84. The molecule has 1 heterocycles. The summed E-state index contributed by atoms with van der Waals surface area (Å²) in [4.78, 5) is 9.36. The van der Waals surface area contributed by atoms with E-state index < -0.39 is 0 Å². The Kier molecular flexibility index (Phi) is 8.77. The number of anilines is 2. The van der Waals surface area contributed by atoms with Crippen LogP contribution < -0.4 is 10.6 Å². The molecule has 1 aliphatic rings. The lowest BCUT2D eigenvalue weighted by Crippen LogP contribution is -2.36. The van der Waals surface area contributed by atoms with Gasteiger partial charge in [-0.2, -0.15) is 0 Å². The van der Waals surface area contributed by atoms with E-state index in [1.54, 1.807) is 0 Å². The highest BCUT2D eigenvalue weighted by Crippen LogP contribution is 2.33. The van der Waals surface area contributed by atoms with Crippen LogP contribution in [0.15, 0.2) is 103 Å². The fourth-order valence-corrected chi connectivity index (χ4v) is 4.89. The SMILES string of the molecule is C=C(Nc1cccc(C2CN(C)C(=C)C(Nc3ccc(CC(=C)N(C)C)cc3)=N2)c1C)c1ccc(C(C)(C)C)cc1. The smallest absolute Gasteiger partial charge is 0.149 e. The molecule has 1 atom stereocenters. The normalized spacial score (nSPS) is 15.3. The molecule has 0 saturated heterocycles. The van der Waals surface area contributed by atoms with E-state index in [0.717, 1.165) is 52.8 Å². The van der Waals surface area contributed by atoms with Gasteiger partial charge in [0, 0.05) is 56.9 Å². The van der Waals surface area contributed by atoms with E-state index in [1.807, 2.05) is 14.1 Å². The van der Waals surface area contributed by atoms with Gasteiger partial charge in [-0.15, -0.1) is 0 Å². The number of aliphatic imine (C=N–C) groups is 1. The van der Waals surface area contributed by atoms with Gasteiger partial charge in [-0.1, -0.05) is 89.0 Å². The van der Waals surface area contributed by atoms with Crippen LogP contribution in [0.3, 0.4) is 0 Å². The van der Waals surface area contributed by atoms with Crippen molar-refractivity contribution in [3.63, 3.8) is 0 Å². The molecule has 0 radical (unpaired) electrons. The summed E-state index contributed by atoms with van der Waals surface area (Å²) < 4.78 is 0. The molecular weight excluding hydrogens is 502 g/mol. The first-order chi connectivity index (χ1) is 19.3. The number of benzene rings is 3. The van der Waals surface area contributed by atoms with E-state index >= 15 is 0 Å². The quantitative estimate of drug-likeness (QED) is 0.300. The van der Waals surface area contributed by atoms with Gasteiger partial charge in [0.1, 0.15) is 5.84 Å². The molecule has 0 saturated carbocycles. The molecule has 1 aliphatic heterocycles. The first-order valence-electron chi connectivity index (χ1n) is 14.2. The lowest BCUT2D eigenvalue weighted by atomic mass is 9.86. The molecule has 5 heteroatoms. The predicted molar refractivity (Wildman–Crippen MR) is 178 cm³/mol. The summed E-state index contributed by atoms with van der Waals surface area (Å²) >= 11 is 0. The molecule has 214 valence electrons. The first kappa shape index (κ1) is 29.7. The minimum atomic E-state index is -0.0308. The van der Waals surface area contributed by atoms with E-state index in [2.05, 4.69) is 142 Å². The summed E-state index contributed by atoms with van der Waals surface area (Å²) in [6, 6.07) is 23.4. The second kappa shape index (κ2) is 12.1. The average molecular weight is 548 g/mol. The highest BCUT2D eigenvalue weighted by atomic mass is 15.2. The van der Waals surface area contributed by atoms with Crippen LogP contribution >= 0.6 is 0 Å². The van der Waals surface area contributed by atoms with Crippen LogP contribution in [-0.2, 0) is 11.8 Å². The van der Waals surface area contributed by atoms with Crippen molar-refractivity contribution in [1.29, 1.82) is 0 Å². The molecule has 3 aromatic carbocycles. The van der Waals surface area contributed by atoms with Gasteiger partial charge in [-0.05, 0) is 58.4 Å². The van der Waals surface area contributed by atoms with Gasteiger partial charge < -0.3 is 20.4 Å². The number of nitrogens with one attached hydrogen (secondary N) is 2. The van der Waals surface area contributed by atoms with Crippen molar-refractivity contribution in [3.8, 4) is 0 Å². The fraction of sp³-hybridized carbons (Fsp3) is 0.306. The van der Waals surface area contributed by atoms with E-state index in [1.165, 1.54) is 22.3 Å². The fourth-order valence-electron chi connectivity index (χ4n) is 4.89. The summed E-state index contributed by atoms with van der Waals surface area (Å²) in [5.41, 5.74) is 10.9. The molecule has 0 aliphatic carbocycles. The summed E-state index contributed by atoms with van der Waals surface area (Å²) in [5, 5.41) is 7.07. The molecule has 0 bridgehead atoms. The molecule has 0 fully saturated rings. The third-order valence-corrected chi connectivity index (χ3v) is 7.84. The van der Waals surface area contributed by atoms with Crippen LogP contribution in [0.2, 0.25) is 0 Å². The second-order valence-electron chi connectivity index (χ2n) is 12.2. The van der Waals surface area contributed by atoms with Gasteiger partial charge in [0.2, 0.25) is 0 Å². The number of hydrogen-bond donors (Lipinski definition) is 2. The van der Waals surface area contributed by atoms with Crippen molar-refractivity contribution in [2.24, 2.45) is 4.99 Å². The average Bonchev–Trinajstić information content (AvgIpc) is 2.92. The largest absolute Gasteiger partial charge is 0.381 e. The Bertz CT molecular complexity index is 1450. The summed E-state index contributed by atoms with van der Waals surface area (Å²) in [5.74, 6) is 0.787. The molecule has 4 rings (SSSR count). The van der Waals surface area contributed by atoms with Crippen molar-refractivity contribution >= 4 is 22.9 Å². The minimum Gasteiger partial charge on any atom is -0.381 e. The van der Waals surface area contributed by atoms with Gasteiger partial charge in [0.15, 0.2) is 0 Å². The Morgan fingerprint density at radius 1 is 1.00 bits per heavy atom. The maximum atomic E-state index is 5.14. The zero-order valence-electron chi connectivity index (χ0n) is 25.8. The van der Waals surface area contributed by atoms with Crippen molar-refractivity contribution in [1.82, 2.24) is 9.80 Å². The molecule has 0 aromatic heterocycles. The zero-order valence-corrected chi connectivity index (χ0v) is 25.8. The minimum absolute atomic E-state index is 0.0308. The van der Waals surface area contributed by atoms with Gasteiger partial charge in [0.05, 0.1) is 11.7 Å². The van der Waals surface area contributed by atoms with Gasteiger partial charge >= 0.3 is 0 Å². The Morgan fingerprint density at radius 3 is 2.27 bits per heavy atom. The number of allylic oxidation sites excluding steroid dienone is 1. The van der Waals surface area contributed by atoms with Crippen LogP contribution in [0.25, 0.3) is 5.70 Å². The lowest BCUT2D eigenvalue weighted by Gasteiger charge is -2.33. The standard InChI is InChI=1S/C36H45N5/c1-24(40(8)9)22-28-14-20-31(21-15-28)38-35-27(4)41(10)23-34(39-35)32-12-11-13-33(25(32)2)37-26(3)29-16-18-30(19-17-29)36(5,6)7/h11-21,34,37H,1,3-4,22-23H2,2,5-10H3,(H,38,39). The maximum absolute atomic E-state index is 5.14. The number of amidine groups is 1. The summed E-state index contributed by atoms with van der Waals surface area (Å²) in [6.45, 7) is 22.4. The van der Waals surface area contributed by atoms with E-state index in [9.17, 15) is 0 Å². The predicted octanol–water partition coefficient (Wildman–Crippen LogP) is 8.00. The van der Waals surface area contributed by atoms with Gasteiger partial charge in [0.25, 0.3) is 0 Å². The highest BCUT2D eigenvalue weighted by Gasteiger charge is 2.25. The number of likely N-dealkylation sites (N-methyl/N-ethyl adjacent to an activating group) is 2.